The number of piperidine rings is 1. The molecular formula is C22H24FN3O3. The van der Waals surface area contributed by atoms with Crippen LogP contribution in [0.2, 0.25) is 0 Å². The Bertz CT molecular complexity index is 890. The first-order valence-corrected chi connectivity index (χ1v) is 9.62. The Morgan fingerprint density at radius 3 is 2.14 bits per heavy atom. The van der Waals surface area contributed by atoms with Crippen LogP contribution in [0.3, 0.4) is 0 Å². The van der Waals surface area contributed by atoms with E-state index in [0.29, 0.717) is 42.9 Å². The highest BCUT2D eigenvalue weighted by atomic mass is 19.1. The van der Waals surface area contributed by atoms with Crippen molar-refractivity contribution in [2.24, 2.45) is 5.92 Å². The molecule has 3 rings (SSSR count). The second kappa shape index (κ2) is 9.32. The molecule has 152 valence electrons. The van der Waals surface area contributed by atoms with E-state index in [1.165, 1.54) is 13.0 Å². The van der Waals surface area contributed by atoms with E-state index < -0.39 is 0 Å². The smallest absolute Gasteiger partial charge is 0.227 e. The number of carbonyl (C=O) groups is 3. The van der Waals surface area contributed by atoms with E-state index in [9.17, 15) is 18.8 Å². The molecule has 29 heavy (non-hydrogen) atoms. The van der Waals surface area contributed by atoms with Crippen molar-refractivity contribution in [3.63, 3.8) is 0 Å². The van der Waals surface area contributed by atoms with Crippen molar-refractivity contribution < 1.29 is 18.8 Å². The third-order valence-electron chi connectivity index (χ3n) is 4.99. The van der Waals surface area contributed by atoms with E-state index in [4.69, 9.17) is 0 Å². The van der Waals surface area contributed by atoms with Gasteiger partial charge in [-0.3, -0.25) is 14.4 Å². The van der Waals surface area contributed by atoms with Crippen molar-refractivity contribution >= 4 is 29.1 Å². The van der Waals surface area contributed by atoms with Gasteiger partial charge in [-0.25, -0.2) is 4.39 Å². The molecule has 1 aliphatic heterocycles. The summed E-state index contributed by atoms with van der Waals surface area (Å²) in [5, 5.41) is 5.55. The lowest BCUT2D eigenvalue weighted by Crippen LogP contribution is -2.42. The first-order chi connectivity index (χ1) is 13.9. The fourth-order valence-electron chi connectivity index (χ4n) is 3.39. The second-order valence-corrected chi connectivity index (χ2v) is 7.17. The number of benzene rings is 2. The molecule has 1 saturated heterocycles. The summed E-state index contributed by atoms with van der Waals surface area (Å²) in [5.41, 5.74) is 1.71. The highest BCUT2D eigenvalue weighted by Crippen LogP contribution is 2.21. The molecule has 3 amide bonds. The van der Waals surface area contributed by atoms with Crippen LogP contribution in [0.15, 0.2) is 48.5 Å². The zero-order chi connectivity index (χ0) is 20.8. The number of rotatable bonds is 5. The lowest BCUT2D eigenvalue weighted by Gasteiger charge is -2.31. The van der Waals surface area contributed by atoms with Crippen molar-refractivity contribution in [3.8, 4) is 0 Å². The van der Waals surface area contributed by atoms with Gasteiger partial charge >= 0.3 is 0 Å². The van der Waals surface area contributed by atoms with Crippen LogP contribution < -0.4 is 10.6 Å². The normalized spacial score (nSPS) is 14.3. The van der Waals surface area contributed by atoms with Crippen molar-refractivity contribution in [1.82, 2.24) is 4.90 Å². The van der Waals surface area contributed by atoms with E-state index >= 15 is 0 Å². The summed E-state index contributed by atoms with van der Waals surface area (Å²) in [7, 11) is 0. The fraction of sp³-hybridized carbons (Fsp3) is 0.318. The topological polar surface area (TPSA) is 78.5 Å². The summed E-state index contributed by atoms with van der Waals surface area (Å²) in [4.78, 5) is 37.7. The third kappa shape index (κ3) is 5.63. The molecule has 1 heterocycles. The van der Waals surface area contributed by atoms with Crippen LogP contribution in [0, 0.1) is 11.7 Å². The Balaban J connectivity index is 1.48. The quantitative estimate of drug-likeness (QED) is 0.813. The number of amides is 3. The summed E-state index contributed by atoms with van der Waals surface area (Å²) in [6.07, 6.45) is 1.17. The molecule has 6 nitrogen and oxygen atoms in total. The van der Waals surface area contributed by atoms with E-state index in [1.54, 1.807) is 47.4 Å². The zero-order valence-electron chi connectivity index (χ0n) is 16.3. The second-order valence-electron chi connectivity index (χ2n) is 7.17. The minimum atomic E-state index is -0.375. The van der Waals surface area contributed by atoms with Crippen molar-refractivity contribution in [2.75, 3.05) is 23.7 Å². The Morgan fingerprint density at radius 2 is 1.55 bits per heavy atom. The number of nitrogens with zero attached hydrogens (tertiary/aromatic N) is 1. The van der Waals surface area contributed by atoms with Gasteiger partial charge in [-0.1, -0.05) is 18.2 Å². The van der Waals surface area contributed by atoms with Crippen molar-refractivity contribution in [3.05, 3.63) is 59.9 Å². The van der Waals surface area contributed by atoms with Crippen LogP contribution in [0.1, 0.15) is 25.3 Å². The monoisotopic (exact) mass is 397 g/mol. The number of likely N-dealkylation sites (tertiary alicyclic amines) is 1. The van der Waals surface area contributed by atoms with Gasteiger partial charge in [0.1, 0.15) is 5.82 Å². The molecule has 0 bridgehead atoms. The Labute approximate surface area is 169 Å². The van der Waals surface area contributed by atoms with Gasteiger partial charge in [-0.05, 0) is 48.7 Å². The van der Waals surface area contributed by atoms with Crippen LogP contribution in [0.5, 0.6) is 0 Å². The lowest BCUT2D eigenvalue weighted by molar-refractivity contribution is -0.133. The molecular weight excluding hydrogens is 373 g/mol. The third-order valence-corrected chi connectivity index (χ3v) is 4.99. The van der Waals surface area contributed by atoms with Gasteiger partial charge in [0.2, 0.25) is 17.7 Å². The highest BCUT2D eigenvalue weighted by molar-refractivity contribution is 5.93. The Hall–Kier alpha value is -3.22. The molecule has 0 aromatic heterocycles. The molecule has 2 N–H and O–H groups in total. The fourth-order valence-corrected chi connectivity index (χ4v) is 3.39. The standard InChI is InChI=1S/C22H24FN3O3/c1-15(27)24-18-6-8-19(9-7-18)25-22(29)16-10-12-26(13-11-16)21(28)14-17-4-2-3-5-20(17)23/h2-9,16H,10-14H2,1H3,(H,24,27)(H,25,29). The van der Waals surface area contributed by atoms with Crippen LogP contribution in [-0.2, 0) is 20.8 Å². The molecule has 2 aromatic carbocycles. The molecule has 1 aliphatic rings. The van der Waals surface area contributed by atoms with Crippen molar-refractivity contribution in [2.45, 2.75) is 26.2 Å². The Kier molecular flexibility index (Phi) is 6.59. The lowest BCUT2D eigenvalue weighted by atomic mass is 9.95. The minimum Gasteiger partial charge on any atom is -0.342 e. The van der Waals surface area contributed by atoms with E-state index in [2.05, 4.69) is 10.6 Å². The predicted octanol–water partition coefficient (Wildman–Crippen LogP) is 3.20. The first kappa shape index (κ1) is 20.5. The molecule has 0 unspecified atom stereocenters. The van der Waals surface area contributed by atoms with Gasteiger partial charge in [-0.15, -0.1) is 0 Å². The van der Waals surface area contributed by atoms with E-state index in [0.717, 1.165) is 0 Å². The van der Waals surface area contributed by atoms with Gasteiger partial charge in [0.05, 0.1) is 6.42 Å². The molecule has 2 aromatic rings. The molecule has 0 saturated carbocycles. The van der Waals surface area contributed by atoms with Crippen molar-refractivity contribution in [1.29, 1.82) is 0 Å². The maximum Gasteiger partial charge on any atom is 0.227 e. The number of anilines is 2. The van der Waals surface area contributed by atoms with Gasteiger partial charge in [-0.2, -0.15) is 0 Å². The van der Waals surface area contributed by atoms with Gasteiger partial charge in [0, 0.05) is 37.3 Å². The molecule has 0 radical (unpaired) electrons. The maximum absolute atomic E-state index is 13.7. The van der Waals surface area contributed by atoms with Crippen LogP contribution in [0.25, 0.3) is 0 Å². The number of nitrogens with one attached hydrogen (secondary N) is 2. The maximum atomic E-state index is 13.7. The average molecular weight is 397 g/mol. The van der Waals surface area contributed by atoms with Crippen LogP contribution >= 0.6 is 0 Å². The van der Waals surface area contributed by atoms with Crippen LogP contribution in [-0.4, -0.2) is 35.7 Å². The summed E-state index contributed by atoms with van der Waals surface area (Å²) in [6, 6.07) is 13.2. The molecule has 0 atom stereocenters. The van der Waals surface area contributed by atoms with Gasteiger partial charge in [0.25, 0.3) is 0 Å². The van der Waals surface area contributed by atoms with E-state index in [-0.39, 0.29) is 35.9 Å². The van der Waals surface area contributed by atoms with Gasteiger partial charge < -0.3 is 15.5 Å². The largest absolute Gasteiger partial charge is 0.342 e. The first-order valence-electron chi connectivity index (χ1n) is 9.62. The molecule has 0 spiro atoms. The summed E-state index contributed by atoms with van der Waals surface area (Å²) >= 11 is 0. The SMILES string of the molecule is CC(=O)Nc1ccc(NC(=O)C2CCN(C(=O)Cc3ccccc3F)CC2)cc1. The Morgan fingerprint density at radius 1 is 0.966 bits per heavy atom. The van der Waals surface area contributed by atoms with Crippen LogP contribution in [0.4, 0.5) is 15.8 Å². The molecule has 1 fully saturated rings. The minimum absolute atomic E-state index is 0.0319. The predicted molar refractivity (Wildman–Crippen MR) is 109 cm³/mol. The average Bonchev–Trinajstić information content (AvgIpc) is 2.71. The summed E-state index contributed by atoms with van der Waals surface area (Å²) in [5.74, 6) is -0.915. The van der Waals surface area contributed by atoms with E-state index in [1.807, 2.05) is 0 Å². The highest BCUT2D eigenvalue weighted by Gasteiger charge is 2.27. The zero-order valence-corrected chi connectivity index (χ0v) is 16.3. The molecule has 0 aliphatic carbocycles. The molecule has 7 heteroatoms. The summed E-state index contributed by atoms with van der Waals surface area (Å²) in [6.45, 7) is 2.39. The summed E-state index contributed by atoms with van der Waals surface area (Å²) < 4.78 is 13.7. The number of carbonyl (C=O) groups excluding carboxylic acids is 3. The number of hydrogen-bond donors (Lipinski definition) is 2. The number of halogens is 1. The number of hydrogen-bond acceptors (Lipinski definition) is 3. The van der Waals surface area contributed by atoms with Gasteiger partial charge in [0.15, 0.2) is 0 Å².